The third-order valence-electron chi connectivity index (χ3n) is 3.58. The summed E-state index contributed by atoms with van der Waals surface area (Å²) in [6.07, 6.45) is 2.00. The molecular weight excluding hydrogens is 311 g/mol. The number of halogens is 2. The van der Waals surface area contributed by atoms with Crippen LogP contribution in [0.2, 0.25) is 0 Å². The molecule has 1 aromatic rings. The Labute approximate surface area is 121 Å². The molecule has 0 atom stereocenters. The molecular formula is C14H18BrFN2O. The highest BCUT2D eigenvalue weighted by molar-refractivity contribution is 9.10. The summed E-state index contributed by atoms with van der Waals surface area (Å²) >= 11 is 3.15. The summed E-state index contributed by atoms with van der Waals surface area (Å²) in [5, 5.41) is 3.17. The third kappa shape index (κ3) is 3.34. The van der Waals surface area contributed by atoms with Gasteiger partial charge in [-0.05, 0) is 60.4 Å². The highest BCUT2D eigenvalue weighted by Crippen LogP contribution is 2.24. The zero-order valence-corrected chi connectivity index (χ0v) is 12.5. The number of carbonyl (C=O) groups is 1. The number of benzene rings is 1. The van der Waals surface area contributed by atoms with Crippen molar-refractivity contribution in [2.45, 2.75) is 12.8 Å². The summed E-state index contributed by atoms with van der Waals surface area (Å²) in [5.74, 6) is 0.148. The van der Waals surface area contributed by atoms with E-state index in [1.165, 1.54) is 6.07 Å². The van der Waals surface area contributed by atoms with Gasteiger partial charge in [-0.25, -0.2) is 4.39 Å². The van der Waals surface area contributed by atoms with E-state index in [9.17, 15) is 9.18 Å². The van der Waals surface area contributed by atoms with Gasteiger partial charge in [-0.3, -0.25) is 4.79 Å². The van der Waals surface area contributed by atoms with E-state index in [0.29, 0.717) is 11.5 Å². The van der Waals surface area contributed by atoms with Gasteiger partial charge in [-0.15, -0.1) is 0 Å². The van der Waals surface area contributed by atoms with Crippen LogP contribution in [0.5, 0.6) is 0 Å². The van der Waals surface area contributed by atoms with Gasteiger partial charge in [0.05, 0.1) is 10.0 Å². The molecule has 1 fully saturated rings. The number of piperidine rings is 1. The van der Waals surface area contributed by atoms with Crippen LogP contribution in [0.1, 0.15) is 23.2 Å². The molecule has 19 heavy (non-hydrogen) atoms. The van der Waals surface area contributed by atoms with Gasteiger partial charge in [0.15, 0.2) is 0 Å². The molecule has 1 saturated heterocycles. The molecule has 1 aliphatic rings. The molecule has 1 aromatic carbocycles. The number of carbonyl (C=O) groups excluding carboxylic acids is 1. The summed E-state index contributed by atoms with van der Waals surface area (Å²) in [6.45, 7) is 2.48. The van der Waals surface area contributed by atoms with Crippen LogP contribution < -0.4 is 5.32 Å². The summed E-state index contributed by atoms with van der Waals surface area (Å²) in [7, 11) is 1.95. The number of likely N-dealkylation sites (tertiary alicyclic amines) is 1. The van der Waals surface area contributed by atoms with E-state index >= 15 is 0 Å². The second kappa shape index (κ2) is 6.48. The van der Waals surface area contributed by atoms with Gasteiger partial charge in [0.2, 0.25) is 0 Å². The zero-order chi connectivity index (χ0) is 13.8. The number of rotatable bonds is 3. The Kier molecular flexibility index (Phi) is 4.93. The fourth-order valence-corrected chi connectivity index (χ4v) is 2.90. The van der Waals surface area contributed by atoms with E-state index in [1.807, 2.05) is 11.9 Å². The lowest BCUT2D eigenvalue weighted by molar-refractivity contribution is 0.0689. The minimum Gasteiger partial charge on any atom is -0.339 e. The Balaban J connectivity index is 2.03. The van der Waals surface area contributed by atoms with Crippen molar-refractivity contribution in [3.05, 3.63) is 34.1 Å². The molecule has 1 heterocycles. The number of amides is 1. The minimum atomic E-state index is -0.393. The average molecular weight is 329 g/mol. The molecule has 0 unspecified atom stereocenters. The van der Waals surface area contributed by atoms with Crippen LogP contribution in [-0.2, 0) is 0 Å². The number of nitrogens with zero attached hydrogens (tertiary/aromatic N) is 1. The quantitative estimate of drug-likeness (QED) is 0.925. The third-order valence-corrected chi connectivity index (χ3v) is 4.38. The van der Waals surface area contributed by atoms with Crippen molar-refractivity contribution < 1.29 is 9.18 Å². The molecule has 5 heteroatoms. The largest absolute Gasteiger partial charge is 0.339 e. The smallest absolute Gasteiger partial charge is 0.255 e. The first-order valence-electron chi connectivity index (χ1n) is 6.51. The van der Waals surface area contributed by atoms with Gasteiger partial charge in [0.1, 0.15) is 5.82 Å². The van der Waals surface area contributed by atoms with Crippen LogP contribution in [0, 0.1) is 11.7 Å². The average Bonchev–Trinajstić information content (AvgIpc) is 2.42. The maximum Gasteiger partial charge on any atom is 0.255 e. The van der Waals surface area contributed by atoms with Gasteiger partial charge in [-0.2, -0.15) is 0 Å². The lowest BCUT2D eigenvalue weighted by atomic mass is 9.96. The molecule has 0 aromatic heterocycles. The fraction of sp³-hybridized carbons (Fsp3) is 0.500. The number of hydrogen-bond donors (Lipinski definition) is 1. The zero-order valence-electron chi connectivity index (χ0n) is 11.0. The van der Waals surface area contributed by atoms with Gasteiger partial charge >= 0.3 is 0 Å². The fourth-order valence-electron chi connectivity index (χ4n) is 2.47. The standard InChI is InChI=1S/C14H18BrFN2O/c1-17-9-10-5-7-18(8-6-10)14(19)11-3-2-4-12(16)13(11)15/h2-4,10,17H,5-9H2,1H3. The Hall–Kier alpha value is -0.940. The normalized spacial score (nSPS) is 16.7. The SMILES string of the molecule is CNCC1CCN(C(=O)c2cccc(F)c2Br)CC1. The summed E-state index contributed by atoms with van der Waals surface area (Å²) in [5.41, 5.74) is 0.409. The molecule has 1 N–H and O–H groups in total. The van der Waals surface area contributed by atoms with E-state index in [-0.39, 0.29) is 10.4 Å². The van der Waals surface area contributed by atoms with Crippen molar-refractivity contribution in [3.63, 3.8) is 0 Å². The summed E-state index contributed by atoms with van der Waals surface area (Å²) in [6, 6.07) is 4.58. The predicted octanol–water partition coefficient (Wildman–Crippen LogP) is 2.66. The van der Waals surface area contributed by atoms with Crippen molar-refractivity contribution in [2.75, 3.05) is 26.7 Å². The maximum atomic E-state index is 13.4. The molecule has 1 aliphatic heterocycles. The van der Waals surface area contributed by atoms with Crippen LogP contribution in [0.25, 0.3) is 0 Å². The van der Waals surface area contributed by atoms with Crippen molar-refractivity contribution >= 4 is 21.8 Å². The van der Waals surface area contributed by atoms with Crippen LogP contribution in [0.15, 0.2) is 22.7 Å². The summed E-state index contributed by atoms with van der Waals surface area (Å²) < 4.78 is 13.7. The number of hydrogen-bond acceptors (Lipinski definition) is 2. The van der Waals surface area contributed by atoms with Crippen LogP contribution in [0.3, 0.4) is 0 Å². The van der Waals surface area contributed by atoms with E-state index in [2.05, 4.69) is 21.2 Å². The molecule has 0 saturated carbocycles. The molecule has 0 spiro atoms. The Morgan fingerprint density at radius 3 is 2.79 bits per heavy atom. The molecule has 0 aliphatic carbocycles. The molecule has 0 radical (unpaired) electrons. The van der Waals surface area contributed by atoms with Crippen LogP contribution in [0.4, 0.5) is 4.39 Å². The topological polar surface area (TPSA) is 32.3 Å². The molecule has 0 bridgehead atoms. The first-order chi connectivity index (χ1) is 9.13. The highest BCUT2D eigenvalue weighted by Gasteiger charge is 2.24. The van der Waals surface area contributed by atoms with Gasteiger partial charge < -0.3 is 10.2 Å². The van der Waals surface area contributed by atoms with Crippen molar-refractivity contribution in [1.29, 1.82) is 0 Å². The van der Waals surface area contributed by atoms with Crippen LogP contribution in [-0.4, -0.2) is 37.5 Å². The van der Waals surface area contributed by atoms with Gasteiger partial charge in [0.25, 0.3) is 5.91 Å². The van der Waals surface area contributed by atoms with E-state index < -0.39 is 5.82 Å². The highest BCUT2D eigenvalue weighted by atomic mass is 79.9. The maximum absolute atomic E-state index is 13.4. The molecule has 104 valence electrons. The monoisotopic (exact) mass is 328 g/mol. The first kappa shape index (κ1) is 14.5. The van der Waals surface area contributed by atoms with Crippen LogP contribution >= 0.6 is 15.9 Å². The molecule has 2 rings (SSSR count). The molecule has 3 nitrogen and oxygen atoms in total. The number of nitrogens with one attached hydrogen (secondary N) is 1. The van der Waals surface area contributed by atoms with E-state index in [0.717, 1.165) is 32.5 Å². The second-order valence-electron chi connectivity index (χ2n) is 4.89. The lowest BCUT2D eigenvalue weighted by Gasteiger charge is -2.32. The molecule has 1 amide bonds. The van der Waals surface area contributed by atoms with E-state index in [4.69, 9.17) is 0 Å². The van der Waals surface area contributed by atoms with Gasteiger partial charge in [0, 0.05) is 13.1 Å². The predicted molar refractivity (Wildman–Crippen MR) is 76.7 cm³/mol. The van der Waals surface area contributed by atoms with E-state index in [1.54, 1.807) is 12.1 Å². The second-order valence-corrected chi connectivity index (χ2v) is 5.69. The lowest BCUT2D eigenvalue weighted by Crippen LogP contribution is -2.40. The first-order valence-corrected chi connectivity index (χ1v) is 7.30. The van der Waals surface area contributed by atoms with Crippen molar-refractivity contribution in [3.8, 4) is 0 Å². The Bertz CT molecular complexity index is 459. The Morgan fingerprint density at radius 1 is 1.47 bits per heavy atom. The summed E-state index contributed by atoms with van der Waals surface area (Å²) in [4.78, 5) is 14.2. The Morgan fingerprint density at radius 2 is 2.16 bits per heavy atom. The van der Waals surface area contributed by atoms with Crippen molar-refractivity contribution in [2.24, 2.45) is 5.92 Å². The minimum absolute atomic E-state index is 0.0886. The van der Waals surface area contributed by atoms with Crippen molar-refractivity contribution in [1.82, 2.24) is 10.2 Å². The van der Waals surface area contributed by atoms with Gasteiger partial charge in [-0.1, -0.05) is 6.07 Å².